The molecule has 1 saturated heterocycles. The Balaban J connectivity index is 1.48. The Hall–Kier alpha value is -1.72. The maximum Gasteiger partial charge on any atom is 0.208 e. The number of nitrogens with zero attached hydrogens (tertiary/aromatic N) is 2. The topological polar surface area (TPSA) is 38.5 Å². The molecule has 2 heterocycles. The standard InChI is InChI=1S/C19H23FN2O2/c20-16-5-1-14(2-6-16)12-22(17-7-9-23-10-8-17)13-19-21-11-18(24-19)15-3-4-15/h1-2,5-6,11,15,17H,3-4,7-10,12-13H2. The van der Waals surface area contributed by atoms with Crippen LogP contribution in [0, 0.1) is 5.82 Å². The van der Waals surface area contributed by atoms with Crippen molar-refractivity contribution in [2.45, 2.75) is 50.7 Å². The quantitative estimate of drug-likeness (QED) is 0.806. The lowest BCUT2D eigenvalue weighted by Gasteiger charge is -2.33. The molecule has 1 aromatic carbocycles. The van der Waals surface area contributed by atoms with Gasteiger partial charge in [0, 0.05) is 31.7 Å². The lowest BCUT2D eigenvalue weighted by atomic mass is 10.1. The smallest absolute Gasteiger partial charge is 0.208 e. The number of benzene rings is 1. The van der Waals surface area contributed by atoms with Crippen molar-refractivity contribution in [3.05, 3.63) is 53.5 Å². The summed E-state index contributed by atoms with van der Waals surface area (Å²) >= 11 is 0. The van der Waals surface area contributed by atoms with Gasteiger partial charge in [0.2, 0.25) is 5.89 Å². The fraction of sp³-hybridized carbons (Fsp3) is 0.526. The highest BCUT2D eigenvalue weighted by Gasteiger charge is 2.28. The molecule has 1 saturated carbocycles. The average molecular weight is 330 g/mol. The van der Waals surface area contributed by atoms with Crippen LogP contribution >= 0.6 is 0 Å². The second-order valence-electron chi connectivity index (χ2n) is 6.81. The van der Waals surface area contributed by atoms with Gasteiger partial charge in [-0.15, -0.1) is 0 Å². The highest BCUT2D eigenvalue weighted by atomic mass is 19.1. The van der Waals surface area contributed by atoms with Crippen LogP contribution < -0.4 is 0 Å². The minimum Gasteiger partial charge on any atom is -0.444 e. The molecule has 128 valence electrons. The third-order valence-corrected chi connectivity index (χ3v) is 4.90. The molecule has 2 aromatic rings. The first-order valence-corrected chi connectivity index (χ1v) is 8.79. The number of hydrogen-bond donors (Lipinski definition) is 0. The van der Waals surface area contributed by atoms with Crippen LogP contribution in [0.4, 0.5) is 4.39 Å². The summed E-state index contributed by atoms with van der Waals surface area (Å²) in [6, 6.07) is 7.20. The summed E-state index contributed by atoms with van der Waals surface area (Å²) in [5, 5.41) is 0. The van der Waals surface area contributed by atoms with E-state index in [1.807, 2.05) is 18.3 Å². The summed E-state index contributed by atoms with van der Waals surface area (Å²) in [5.41, 5.74) is 1.11. The van der Waals surface area contributed by atoms with Gasteiger partial charge in [-0.1, -0.05) is 12.1 Å². The van der Waals surface area contributed by atoms with Gasteiger partial charge in [-0.2, -0.15) is 0 Å². The molecule has 0 radical (unpaired) electrons. The summed E-state index contributed by atoms with van der Waals surface area (Å²) in [6.45, 7) is 3.05. The van der Waals surface area contributed by atoms with Crippen LogP contribution in [0.1, 0.15) is 48.8 Å². The first kappa shape index (κ1) is 15.8. The van der Waals surface area contributed by atoms with Crippen LogP contribution in [0.5, 0.6) is 0 Å². The molecule has 4 rings (SSSR count). The molecule has 1 aromatic heterocycles. The molecule has 2 fully saturated rings. The van der Waals surface area contributed by atoms with Gasteiger partial charge in [0.15, 0.2) is 0 Å². The molecular weight excluding hydrogens is 307 g/mol. The zero-order chi connectivity index (χ0) is 16.4. The molecule has 4 nitrogen and oxygen atoms in total. The van der Waals surface area contributed by atoms with Gasteiger partial charge in [0.25, 0.3) is 0 Å². The number of aromatic nitrogens is 1. The van der Waals surface area contributed by atoms with Crippen LogP contribution in [-0.4, -0.2) is 29.1 Å². The maximum atomic E-state index is 13.2. The minimum atomic E-state index is -0.196. The first-order valence-electron chi connectivity index (χ1n) is 8.79. The monoisotopic (exact) mass is 330 g/mol. The van der Waals surface area contributed by atoms with E-state index in [2.05, 4.69) is 9.88 Å². The van der Waals surface area contributed by atoms with Crippen molar-refractivity contribution in [3.63, 3.8) is 0 Å². The summed E-state index contributed by atoms with van der Waals surface area (Å²) < 4.78 is 24.6. The molecule has 0 amide bonds. The lowest BCUT2D eigenvalue weighted by molar-refractivity contribution is 0.0245. The Bertz CT molecular complexity index is 660. The van der Waals surface area contributed by atoms with E-state index < -0.39 is 0 Å². The van der Waals surface area contributed by atoms with E-state index in [1.165, 1.54) is 25.0 Å². The number of oxazole rings is 1. The van der Waals surface area contributed by atoms with Gasteiger partial charge < -0.3 is 9.15 Å². The van der Waals surface area contributed by atoms with Crippen molar-refractivity contribution in [2.75, 3.05) is 13.2 Å². The molecule has 1 aliphatic heterocycles. The summed E-state index contributed by atoms with van der Waals surface area (Å²) in [7, 11) is 0. The summed E-state index contributed by atoms with van der Waals surface area (Å²) in [4.78, 5) is 6.86. The summed E-state index contributed by atoms with van der Waals surface area (Å²) in [5.74, 6) is 2.20. The van der Waals surface area contributed by atoms with Crippen molar-refractivity contribution in [3.8, 4) is 0 Å². The van der Waals surface area contributed by atoms with Gasteiger partial charge in [0.1, 0.15) is 11.6 Å². The number of hydrogen-bond acceptors (Lipinski definition) is 4. The largest absolute Gasteiger partial charge is 0.444 e. The Labute approximate surface area is 141 Å². The highest BCUT2D eigenvalue weighted by Crippen LogP contribution is 2.40. The molecule has 1 aliphatic carbocycles. The minimum absolute atomic E-state index is 0.196. The van der Waals surface area contributed by atoms with Crippen molar-refractivity contribution >= 4 is 0 Å². The second-order valence-corrected chi connectivity index (χ2v) is 6.81. The van der Waals surface area contributed by atoms with Crippen LogP contribution in [0.2, 0.25) is 0 Å². The van der Waals surface area contributed by atoms with E-state index in [1.54, 1.807) is 0 Å². The van der Waals surface area contributed by atoms with E-state index >= 15 is 0 Å². The van der Waals surface area contributed by atoms with Crippen molar-refractivity contribution < 1.29 is 13.5 Å². The first-order chi connectivity index (χ1) is 11.8. The van der Waals surface area contributed by atoms with Crippen molar-refractivity contribution in [1.29, 1.82) is 0 Å². The fourth-order valence-electron chi connectivity index (χ4n) is 3.32. The van der Waals surface area contributed by atoms with E-state index in [9.17, 15) is 4.39 Å². The van der Waals surface area contributed by atoms with Crippen LogP contribution in [0.3, 0.4) is 0 Å². The molecule has 24 heavy (non-hydrogen) atoms. The average Bonchev–Trinajstić information content (AvgIpc) is 3.36. The Morgan fingerprint density at radius 3 is 2.50 bits per heavy atom. The van der Waals surface area contributed by atoms with Gasteiger partial charge in [-0.05, 0) is 43.4 Å². The normalized spacial score (nSPS) is 19.1. The predicted octanol–water partition coefficient (Wildman–Crippen LogP) is 3.87. The Morgan fingerprint density at radius 2 is 1.79 bits per heavy atom. The van der Waals surface area contributed by atoms with E-state index in [-0.39, 0.29) is 5.82 Å². The molecule has 2 aliphatic rings. The van der Waals surface area contributed by atoms with Crippen molar-refractivity contribution in [2.24, 2.45) is 0 Å². The van der Waals surface area contributed by atoms with Gasteiger partial charge in [-0.25, -0.2) is 9.37 Å². The number of halogens is 1. The highest BCUT2D eigenvalue weighted by molar-refractivity contribution is 5.16. The second kappa shape index (κ2) is 7.03. The molecule has 0 spiro atoms. The third kappa shape index (κ3) is 3.84. The molecular formula is C19H23FN2O2. The fourth-order valence-corrected chi connectivity index (χ4v) is 3.32. The number of rotatable bonds is 6. The SMILES string of the molecule is Fc1ccc(CN(Cc2ncc(C3CC3)o2)C2CCOCC2)cc1. The van der Waals surface area contributed by atoms with Gasteiger partial charge >= 0.3 is 0 Å². The lowest BCUT2D eigenvalue weighted by Crippen LogP contribution is -2.38. The Kier molecular flexibility index (Phi) is 4.63. The van der Waals surface area contributed by atoms with Crippen molar-refractivity contribution in [1.82, 2.24) is 9.88 Å². The zero-order valence-corrected chi connectivity index (χ0v) is 13.8. The third-order valence-electron chi connectivity index (χ3n) is 4.90. The number of ether oxygens (including phenoxy) is 1. The van der Waals surface area contributed by atoms with Crippen LogP contribution in [-0.2, 0) is 17.8 Å². The van der Waals surface area contributed by atoms with Crippen LogP contribution in [0.15, 0.2) is 34.9 Å². The molecule has 0 bridgehead atoms. The molecule has 0 atom stereocenters. The maximum absolute atomic E-state index is 13.2. The van der Waals surface area contributed by atoms with Crippen LogP contribution in [0.25, 0.3) is 0 Å². The predicted molar refractivity (Wildman–Crippen MR) is 88.0 cm³/mol. The van der Waals surface area contributed by atoms with E-state index in [0.29, 0.717) is 18.5 Å². The summed E-state index contributed by atoms with van der Waals surface area (Å²) in [6.07, 6.45) is 6.34. The van der Waals surface area contributed by atoms with E-state index in [0.717, 1.165) is 49.8 Å². The molecule has 0 N–H and O–H groups in total. The van der Waals surface area contributed by atoms with E-state index in [4.69, 9.17) is 9.15 Å². The molecule has 5 heteroatoms. The Morgan fingerprint density at radius 1 is 1.04 bits per heavy atom. The van der Waals surface area contributed by atoms with Gasteiger partial charge in [0.05, 0.1) is 12.7 Å². The zero-order valence-electron chi connectivity index (χ0n) is 13.8. The molecule has 0 unspecified atom stereocenters. The van der Waals surface area contributed by atoms with Gasteiger partial charge in [-0.3, -0.25) is 4.90 Å².